The van der Waals surface area contributed by atoms with E-state index in [4.69, 9.17) is 0 Å². The van der Waals surface area contributed by atoms with Crippen LogP contribution < -0.4 is 16.0 Å². The molecule has 2 saturated carbocycles. The van der Waals surface area contributed by atoms with Crippen LogP contribution in [0.1, 0.15) is 70.8 Å². The van der Waals surface area contributed by atoms with Gasteiger partial charge in [0.15, 0.2) is 0 Å². The van der Waals surface area contributed by atoms with E-state index in [1.807, 2.05) is 6.07 Å². The quantitative estimate of drug-likeness (QED) is 0.591. The predicted molar refractivity (Wildman–Crippen MR) is 126 cm³/mol. The van der Waals surface area contributed by atoms with Gasteiger partial charge in [0.2, 0.25) is 11.8 Å². The number of carbonyl (C=O) groups excluding carboxylic acids is 4. The van der Waals surface area contributed by atoms with Gasteiger partial charge in [0, 0.05) is 28.9 Å². The lowest BCUT2D eigenvalue weighted by Gasteiger charge is -2.24. The molecule has 1 unspecified atom stereocenters. The lowest BCUT2D eigenvalue weighted by Crippen LogP contribution is -2.42. The zero-order valence-electron chi connectivity index (χ0n) is 18.9. The van der Waals surface area contributed by atoms with E-state index in [9.17, 15) is 19.2 Å². The molecule has 4 amide bonds. The van der Waals surface area contributed by atoms with Crippen molar-refractivity contribution in [3.63, 3.8) is 0 Å². The molecular formula is C26H28N4O4. The van der Waals surface area contributed by atoms with E-state index in [0.29, 0.717) is 22.4 Å². The van der Waals surface area contributed by atoms with E-state index in [0.717, 1.165) is 38.5 Å². The van der Waals surface area contributed by atoms with Crippen molar-refractivity contribution in [2.45, 2.75) is 56.7 Å². The van der Waals surface area contributed by atoms with Gasteiger partial charge in [-0.3, -0.25) is 19.2 Å². The number of amides is 4. The van der Waals surface area contributed by atoms with Crippen LogP contribution >= 0.6 is 0 Å². The summed E-state index contributed by atoms with van der Waals surface area (Å²) in [7, 11) is 0. The van der Waals surface area contributed by atoms with Crippen LogP contribution in [-0.2, 0) is 9.59 Å². The first-order chi connectivity index (χ1) is 16.5. The van der Waals surface area contributed by atoms with Crippen LogP contribution in [0.25, 0.3) is 0 Å². The van der Waals surface area contributed by atoms with E-state index in [1.54, 1.807) is 47.4 Å². The Morgan fingerprint density at radius 2 is 1.62 bits per heavy atom. The second kappa shape index (κ2) is 9.29. The van der Waals surface area contributed by atoms with Gasteiger partial charge in [-0.2, -0.15) is 0 Å². The molecule has 8 heteroatoms. The Kier molecular flexibility index (Phi) is 6.04. The molecule has 0 saturated heterocycles. The molecule has 0 spiro atoms. The van der Waals surface area contributed by atoms with Gasteiger partial charge < -0.3 is 20.9 Å². The minimum Gasteiger partial charge on any atom is -0.349 e. The molecule has 5 rings (SSSR count). The van der Waals surface area contributed by atoms with Crippen LogP contribution in [0.4, 0.5) is 5.69 Å². The largest absolute Gasteiger partial charge is 0.349 e. The average Bonchev–Trinajstić information content (AvgIpc) is 3.47. The maximum atomic E-state index is 13.0. The Morgan fingerprint density at radius 1 is 0.912 bits per heavy atom. The third-order valence-electron chi connectivity index (χ3n) is 6.73. The molecule has 0 radical (unpaired) electrons. The first-order valence-electron chi connectivity index (χ1n) is 11.9. The molecular weight excluding hydrogens is 432 g/mol. The molecule has 2 fully saturated rings. The lowest BCUT2D eigenvalue weighted by molar-refractivity contribution is -0.127. The maximum absolute atomic E-state index is 13.0. The molecule has 0 bridgehead atoms. The molecule has 2 aromatic rings. The van der Waals surface area contributed by atoms with E-state index in [-0.39, 0.29) is 42.3 Å². The normalized spacial score (nSPS) is 19.6. The van der Waals surface area contributed by atoms with Crippen molar-refractivity contribution in [3.8, 4) is 0 Å². The Labute approximate surface area is 198 Å². The van der Waals surface area contributed by atoms with Crippen molar-refractivity contribution in [3.05, 3.63) is 65.2 Å². The number of benzene rings is 2. The molecule has 176 valence electrons. The third kappa shape index (κ3) is 4.53. The molecule has 3 N–H and O–H groups in total. The SMILES string of the molecule is O=C(CNC(=O)C1c2ccccc2C(=O)N1C1CC1)Nc1ccc(C(=O)NC2CCCC2)cc1. The fraction of sp³-hybridized carbons (Fsp3) is 0.385. The average molecular weight is 461 g/mol. The second-order valence-corrected chi connectivity index (χ2v) is 9.23. The van der Waals surface area contributed by atoms with Crippen molar-refractivity contribution >= 4 is 29.3 Å². The summed E-state index contributed by atoms with van der Waals surface area (Å²) in [4.78, 5) is 52.2. The van der Waals surface area contributed by atoms with Crippen LogP contribution in [0.5, 0.6) is 0 Å². The van der Waals surface area contributed by atoms with Crippen LogP contribution in [0, 0.1) is 0 Å². The molecule has 3 aliphatic rings. The molecule has 8 nitrogen and oxygen atoms in total. The Morgan fingerprint density at radius 3 is 2.32 bits per heavy atom. The number of nitrogens with one attached hydrogen (secondary N) is 3. The van der Waals surface area contributed by atoms with Crippen LogP contribution in [0.3, 0.4) is 0 Å². The van der Waals surface area contributed by atoms with E-state index >= 15 is 0 Å². The van der Waals surface area contributed by atoms with E-state index in [1.165, 1.54) is 0 Å². The zero-order valence-corrected chi connectivity index (χ0v) is 18.9. The summed E-state index contributed by atoms with van der Waals surface area (Å²) >= 11 is 0. The van der Waals surface area contributed by atoms with Gasteiger partial charge >= 0.3 is 0 Å². The van der Waals surface area contributed by atoms with E-state index in [2.05, 4.69) is 16.0 Å². The topological polar surface area (TPSA) is 108 Å². The summed E-state index contributed by atoms with van der Waals surface area (Å²) in [5, 5.41) is 8.45. The summed E-state index contributed by atoms with van der Waals surface area (Å²) in [5.41, 5.74) is 2.32. The summed E-state index contributed by atoms with van der Waals surface area (Å²) < 4.78 is 0. The number of carbonyl (C=O) groups is 4. The fourth-order valence-corrected chi connectivity index (χ4v) is 4.85. The monoisotopic (exact) mass is 460 g/mol. The van der Waals surface area contributed by atoms with Gasteiger partial charge in [-0.1, -0.05) is 31.0 Å². The highest BCUT2D eigenvalue weighted by atomic mass is 16.2. The number of hydrogen-bond donors (Lipinski definition) is 3. The minimum absolute atomic E-state index is 0.0776. The van der Waals surface area contributed by atoms with Crippen LogP contribution in [-0.4, -0.2) is 47.2 Å². The standard InChI is InChI=1S/C26H28N4O4/c31-22(28-18-11-9-16(10-12-18)24(32)29-17-5-1-2-6-17)15-27-25(33)23-20-7-3-4-8-21(20)26(34)30(23)19-13-14-19/h3-4,7-12,17,19,23H,1-2,5-6,13-15H2,(H,27,33)(H,28,31)(H,29,32). The molecule has 1 atom stereocenters. The number of anilines is 1. The second-order valence-electron chi connectivity index (χ2n) is 9.23. The van der Waals surface area contributed by atoms with Gasteiger partial charge in [0.1, 0.15) is 6.04 Å². The van der Waals surface area contributed by atoms with Crippen LogP contribution in [0.15, 0.2) is 48.5 Å². The van der Waals surface area contributed by atoms with Gasteiger partial charge in [-0.25, -0.2) is 0 Å². The molecule has 0 aromatic heterocycles. The van der Waals surface area contributed by atoms with Crippen molar-refractivity contribution in [1.29, 1.82) is 0 Å². The number of nitrogens with zero attached hydrogens (tertiary/aromatic N) is 1. The number of fused-ring (bicyclic) bond motifs is 1. The van der Waals surface area contributed by atoms with Crippen molar-refractivity contribution < 1.29 is 19.2 Å². The first kappa shape index (κ1) is 22.1. The van der Waals surface area contributed by atoms with Crippen molar-refractivity contribution in [2.75, 3.05) is 11.9 Å². The Bertz CT molecular complexity index is 1120. The summed E-state index contributed by atoms with van der Waals surface area (Å²) in [5.74, 6) is -0.977. The molecule has 1 heterocycles. The first-order valence-corrected chi connectivity index (χ1v) is 11.9. The lowest BCUT2D eigenvalue weighted by atomic mass is 10.0. The Balaban J connectivity index is 1.16. The highest BCUT2D eigenvalue weighted by Crippen LogP contribution is 2.41. The number of hydrogen-bond acceptors (Lipinski definition) is 4. The molecule has 1 aliphatic heterocycles. The number of rotatable bonds is 7. The van der Waals surface area contributed by atoms with Gasteiger partial charge in [0.25, 0.3) is 11.8 Å². The van der Waals surface area contributed by atoms with Crippen molar-refractivity contribution in [1.82, 2.24) is 15.5 Å². The van der Waals surface area contributed by atoms with Crippen molar-refractivity contribution in [2.24, 2.45) is 0 Å². The van der Waals surface area contributed by atoms with Gasteiger partial charge in [-0.05, 0) is 61.6 Å². The minimum atomic E-state index is -0.707. The third-order valence-corrected chi connectivity index (χ3v) is 6.73. The van der Waals surface area contributed by atoms with Crippen LogP contribution in [0.2, 0.25) is 0 Å². The summed E-state index contributed by atoms with van der Waals surface area (Å²) in [6, 6.07) is 13.4. The zero-order chi connectivity index (χ0) is 23.7. The summed E-state index contributed by atoms with van der Waals surface area (Å²) in [6.45, 7) is -0.214. The maximum Gasteiger partial charge on any atom is 0.255 e. The highest BCUT2D eigenvalue weighted by molar-refractivity contribution is 6.05. The van der Waals surface area contributed by atoms with Gasteiger partial charge in [0.05, 0.1) is 6.54 Å². The van der Waals surface area contributed by atoms with Gasteiger partial charge in [-0.15, -0.1) is 0 Å². The Hall–Kier alpha value is -3.68. The predicted octanol–water partition coefficient (Wildman–Crippen LogP) is 2.77. The smallest absolute Gasteiger partial charge is 0.255 e. The molecule has 2 aliphatic carbocycles. The highest BCUT2D eigenvalue weighted by Gasteiger charge is 2.47. The molecule has 2 aromatic carbocycles. The van der Waals surface area contributed by atoms with E-state index < -0.39 is 6.04 Å². The fourth-order valence-electron chi connectivity index (χ4n) is 4.85. The summed E-state index contributed by atoms with van der Waals surface area (Å²) in [6.07, 6.45) is 6.11. The molecule has 34 heavy (non-hydrogen) atoms.